The van der Waals surface area contributed by atoms with E-state index in [0.29, 0.717) is 24.7 Å². The van der Waals surface area contributed by atoms with Crippen molar-refractivity contribution in [1.82, 2.24) is 25.1 Å². The van der Waals surface area contributed by atoms with Crippen molar-refractivity contribution in [2.75, 3.05) is 38.1 Å². The molecule has 1 fully saturated rings. The second-order valence-corrected chi connectivity index (χ2v) is 9.45. The van der Waals surface area contributed by atoms with Crippen LogP contribution in [-0.2, 0) is 14.3 Å². The van der Waals surface area contributed by atoms with Crippen molar-refractivity contribution in [3.63, 3.8) is 0 Å². The first-order chi connectivity index (χ1) is 18.7. The Labute approximate surface area is 227 Å². The van der Waals surface area contributed by atoms with Gasteiger partial charge in [0.25, 0.3) is 5.91 Å². The van der Waals surface area contributed by atoms with Crippen LogP contribution in [0.3, 0.4) is 0 Å². The van der Waals surface area contributed by atoms with Crippen LogP contribution >= 0.6 is 0 Å². The number of aliphatic carboxylic acids is 1. The summed E-state index contributed by atoms with van der Waals surface area (Å²) >= 11 is 0. The molecule has 39 heavy (non-hydrogen) atoms. The van der Waals surface area contributed by atoms with Crippen molar-refractivity contribution in [1.29, 1.82) is 0 Å². The second kappa shape index (κ2) is 14.1. The van der Waals surface area contributed by atoms with E-state index in [1.165, 1.54) is 11.0 Å². The van der Waals surface area contributed by atoms with E-state index in [0.717, 1.165) is 5.56 Å². The molecule has 2 heterocycles. The van der Waals surface area contributed by atoms with Crippen LogP contribution in [0.1, 0.15) is 50.5 Å². The normalized spacial score (nSPS) is 14.1. The largest absolute Gasteiger partial charge is 0.481 e. The smallest absolute Gasteiger partial charge is 0.409 e. The number of piperazine rings is 1. The Kier molecular flexibility index (Phi) is 10.6. The van der Waals surface area contributed by atoms with Gasteiger partial charge in [0, 0.05) is 50.3 Å². The number of carbonyl (C=O) groups is 4. The van der Waals surface area contributed by atoms with Crippen molar-refractivity contribution in [2.45, 2.75) is 52.1 Å². The van der Waals surface area contributed by atoms with E-state index in [4.69, 9.17) is 9.84 Å². The highest BCUT2D eigenvalue weighted by Crippen LogP contribution is 2.19. The molecule has 12 nitrogen and oxygen atoms in total. The molecule has 2 aromatic rings. The molecule has 1 atom stereocenters. The number of nitrogens with zero attached hydrogens (tertiary/aromatic N) is 4. The molecule has 0 bridgehead atoms. The number of aromatic nitrogens is 2. The maximum absolute atomic E-state index is 13.4. The number of carbonyl (C=O) groups excluding carboxylic acids is 3. The third kappa shape index (κ3) is 8.66. The van der Waals surface area contributed by atoms with Gasteiger partial charge < -0.3 is 30.3 Å². The fourth-order valence-corrected chi connectivity index (χ4v) is 4.14. The molecule has 0 radical (unpaired) electrons. The number of hydrogen-bond acceptors (Lipinski definition) is 8. The van der Waals surface area contributed by atoms with Gasteiger partial charge in [-0.15, -0.1) is 0 Å². The van der Waals surface area contributed by atoms with E-state index in [2.05, 4.69) is 20.6 Å². The Morgan fingerprint density at radius 3 is 2.31 bits per heavy atom. The van der Waals surface area contributed by atoms with Crippen LogP contribution < -0.4 is 10.6 Å². The van der Waals surface area contributed by atoms with Crippen LogP contribution in [0.5, 0.6) is 0 Å². The third-order valence-electron chi connectivity index (χ3n) is 6.03. The van der Waals surface area contributed by atoms with Gasteiger partial charge in [-0.3, -0.25) is 14.4 Å². The molecule has 1 aromatic carbocycles. The molecule has 0 saturated carbocycles. The van der Waals surface area contributed by atoms with Crippen LogP contribution in [0.2, 0.25) is 0 Å². The first-order valence-electron chi connectivity index (χ1n) is 13.1. The molecule has 3 N–H and O–H groups in total. The number of amides is 3. The first kappa shape index (κ1) is 29.3. The minimum absolute atomic E-state index is 0.0538. The van der Waals surface area contributed by atoms with Crippen LogP contribution in [0, 0.1) is 0 Å². The monoisotopic (exact) mass is 540 g/mol. The van der Waals surface area contributed by atoms with Crippen LogP contribution in [0.4, 0.5) is 10.6 Å². The Morgan fingerprint density at radius 1 is 1.03 bits per heavy atom. The summed E-state index contributed by atoms with van der Waals surface area (Å²) in [5.74, 6) is -1.07. The number of hydrogen-bond donors (Lipinski definition) is 3. The minimum Gasteiger partial charge on any atom is -0.481 e. The van der Waals surface area contributed by atoms with Crippen molar-refractivity contribution in [3.05, 3.63) is 42.1 Å². The molecule has 3 amide bonds. The van der Waals surface area contributed by atoms with Gasteiger partial charge in [-0.25, -0.2) is 14.8 Å². The highest BCUT2D eigenvalue weighted by Gasteiger charge is 2.31. The molecule has 1 aliphatic rings. The highest BCUT2D eigenvalue weighted by atomic mass is 16.6. The maximum atomic E-state index is 13.4. The summed E-state index contributed by atoms with van der Waals surface area (Å²) in [4.78, 5) is 62.0. The summed E-state index contributed by atoms with van der Waals surface area (Å²) in [5, 5.41) is 15.0. The quantitative estimate of drug-likeness (QED) is 0.390. The summed E-state index contributed by atoms with van der Waals surface area (Å²) in [7, 11) is 0. The zero-order chi connectivity index (χ0) is 28.4. The van der Waals surface area contributed by atoms with E-state index >= 15 is 0 Å². The fourth-order valence-electron chi connectivity index (χ4n) is 4.14. The maximum Gasteiger partial charge on any atom is 0.409 e. The lowest BCUT2D eigenvalue weighted by Crippen LogP contribution is -2.56. The molecule has 3 rings (SSSR count). The van der Waals surface area contributed by atoms with E-state index < -0.39 is 24.0 Å². The number of nitrogens with one attached hydrogen (secondary N) is 2. The van der Waals surface area contributed by atoms with E-state index in [1.807, 2.05) is 44.2 Å². The van der Waals surface area contributed by atoms with Crippen molar-refractivity contribution >= 4 is 29.7 Å². The molecular weight excluding hydrogens is 504 g/mol. The van der Waals surface area contributed by atoms with Crippen molar-refractivity contribution in [2.24, 2.45) is 0 Å². The van der Waals surface area contributed by atoms with Gasteiger partial charge in [-0.1, -0.05) is 30.3 Å². The lowest BCUT2D eigenvalue weighted by molar-refractivity contribution is -0.138. The molecule has 1 aliphatic heterocycles. The highest BCUT2D eigenvalue weighted by molar-refractivity contribution is 5.97. The Balaban J connectivity index is 1.79. The predicted octanol–water partition coefficient (Wildman–Crippen LogP) is 2.62. The van der Waals surface area contributed by atoms with Crippen molar-refractivity contribution < 1.29 is 29.0 Å². The lowest BCUT2D eigenvalue weighted by Gasteiger charge is -2.36. The SMILES string of the molecule is CCOC(=O)N1CCN(C(=O)C(CCCC(=O)O)NC(=O)c2cc(NC(C)C)nc(-c3ccccc3)n2)CC1. The topological polar surface area (TPSA) is 154 Å². The molecule has 12 heteroatoms. The molecule has 1 saturated heterocycles. The summed E-state index contributed by atoms with van der Waals surface area (Å²) in [6, 6.07) is 9.86. The molecule has 1 unspecified atom stereocenters. The Hall–Kier alpha value is -4.22. The molecule has 1 aromatic heterocycles. The summed E-state index contributed by atoms with van der Waals surface area (Å²) in [6.07, 6.45) is -0.221. The number of rotatable bonds is 11. The number of carboxylic acid groups (broad SMARTS) is 1. The standard InChI is InChI=1S/C27H36N6O6/c1-4-39-27(38)33-15-13-32(14-16-33)26(37)20(11-8-12-23(34)35)30-25(36)21-17-22(28-18(2)3)31-24(29-21)19-9-6-5-7-10-19/h5-7,9-10,17-18,20H,4,8,11-16H2,1-3H3,(H,30,36)(H,34,35)(H,28,29,31). The van der Waals surface area contributed by atoms with Gasteiger partial charge >= 0.3 is 12.1 Å². The van der Waals surface area contributed by atoms with Crippen LogP contribution in [0.15, 0.2) is 36.4 Å². The van der Waals surface area contributed by atoms with Gasteiger partial charge in [-0.05, 0) is 33.6 Å². The summed E-state index contributed by atoms with van der Waals surface area (Å²) < 4.78 is 5.03. The zero-order valence-electron chi connectivity index (χ0n) is 22.6. The molecule has 0 aliphatic carbocycles. The molecule has 0 spiro atoms. The third-order valence-corrected chi connectivity index (χ3v) is 6.03. The number of carboxylic acids is 1. The first-order valence-corrected chi connectivity index (χ1v) is 13.1. The second-order valence-electron chi connectivity index (χ2n) is 9.45. The number of ether oxygens (including phenoxy) is 1. The van der Waals surface area contributed by atoms with E-state index in [1.54, 1.807) is 11.8 Å². The van der Waals surface area contributed by atoms with Gasteiger partial charge in [-0.2, -0.15) is 0 Å². The van der Waals surface area contributed by atoms with Gasteiger partial charge in [0.05, 0.1) is 6.61 Å². The molecule has 210 valence electrons. The van der Waals surface area contributed by atoms with Gasteiger partial charge in [0.15, 0.2) is 5.82 Å². The lowest BCUT2D eigenvalue weighted by atomic mass is 10.1. The average molecular weight is 541 g/mol. The van der Waals surface area contributed by atoms with E-state index in [-0.39, 0.29) is 56.6 Å². The zero-order valence-corrected chi connectivity index (χ0v) is 22.6. The summed E-state index contributed by atoms with van der Waals surface area (Å²) in [5.41, 5.74) is 0.808. The number of anilines is 1. The predicted molar refractivity (Wildman–Crippen MR) is 144 cm³/mol. The van der Waals surface area contributed by atoms with Crippen molar-refractivity contribution in [3.8, 4) is 11.4 Å². The van der Waals surface area contributed by atoms with Crippen LogP contribution in [0.25, 0.3) is 11.4 Å². The minimum atomic E-state index is -0.983. The van der Waals surface area contributed by atoms with Crippen LogP contribution in [-0.4, -0.2) is 93.6 Å². The van der Waals surface area contributed by atoms with Gasteiger partial charge in [0.2, 0.25) is 5.91 Å². The number of benzene rings is 1. The Bertz CT molecular complexity index is 1150. The average Bonchev–Trinajstić information content (AvgIpc) is 2.92. The molecular formula is C27H36N6O6. The van der Waals surface area contributed by atoms with E-state index in [9.17, 15) is 19.2 Å². The summed E-state index contributed by atoms with van der Waals surface area (Å²) in [6.45, 7) is 7.04. The fraction of sp³-hybridized carbons (Fsp3) is 0.481. The van der Waals surface area contributed by atoms with Gasteiger partial charge in [0.1, 0.15) is 17.6 Å². The Morgan fingerprint density at radius 2 is 1.69 bits per heavy atom.